The lowest BCUT2D eigenvalue weighted by Crippen LogP contribution is -2.52. The predicted octanol–water partition coefficient (Wildman–Crippen LogP) is 4.49. The zero-order valence-electron chi connectivity index (χ0n) is 11.3. The van der Waals surface area contributed by atoms with Crippen molar-refractivity contribution in [2.75, 3.05) is 18.0 Å². The first-order valence-corrected chi connectivity index (χ1v) is 7.24. The molecule has 1 heterocycles. The molecule has 1 saturated heterocycles. The molecule has 17 heavy (non-hydrogen) atoms. The van der Waals surface area contributed by atoms with E-state index in [1.54, 1.807) is 0 Å². The van der Waals surface area contributed by atoms with Gasteiger partial charge in [0, 0.05) is 23.2 Å². The molecule has 1 aliphatic heterocycles. The Balaban J connectivity index is 2.11. The minimum Gasteiger partial charge on any atom is -0.371 e. The maximum atomic E-state index is 3.55. The van der Waals surface area contributed by atoms with Gasteiger partial charge in [0.1, 0.15) is 0 Å². The Morgan fingerprint density at radius 2 is 1.94 bits per heavy atom. The molecule has 0 unspecified atom stereocenters. The third-order valence-corrected chi connectivity index (χ3v) is 4.36. The van der Waals surface area contributed by atoms with Crippen LogP contribution in [0.1, 0.15) is 33.3 Å². The minimum absolute atomic E-state index is 0.443. The fourth-order valence-electron chi connectivity index (χ4n) is 2.37. The highest BCUT2D eigenvalue weighted by molar-refractivity contribution is 9.10. The maximum Gasteiger partial charge on any atom is 0.0399 e. The van der Waals surface area contributed by atoms with Gasteiger partial charge in [-0.15, -0.1) is 0 Å². The van der Waals surface area contributed by atoms with Gasteiger partial charge in [-0.25, -0.2) is 0 Å². The SMILES string of the molecule is CCc1cc(Br)ccc1N1CC(C(C)(C)C)C1. The van der Waals surface area contributed by atoms with Crippen LogP contribution in [0, 0.1) is 11.3 Å². The molecule has 0 spiro atoms. The van der Waals surface area contributed by atoms with Crippen molar-refractivity contribution in [3.63, 3.8) is 0 Å². The lowest BCUT2D eigenvalue weighted by atomic mass is 9.75. The molecule has 0 aromatic heterocycles. The molecule has 1 aromatic carbocycles. The Morgan fingerprint density at radius 1 is 1.29 bits per heavy atom. The summed E-state index contributed by atoms with van der Waals surface area (Å²) >= 11 is 3.55. The molecular formula is C15H22BrN. The van der Waals surface area contributed by atoms with Crippen LogP contribution in [0.2, 0.25) is 0 Å². The van der Waals surface area contributed by atoms with Crippen LogP contribution < -0.4 is 4.90 Å². The van der Waals surface area contributed by atoms with Crippen LogP contribution in [-0.2, 0) is 6.42 Å². The fraction of sp³-hybridized carbons (Fsp3) is 0.600. The van der Waals surface area contributed by atoms with Crippen LogP contribution in [0.25, 0.3) is 0 Å². The van der Waals surface area contributed by atoms with Crippen LogP contribution in [0.3, 0.4) is 0 Å². The van der Waals surface area contributed by atoms with Crippen molar-refractivity contribution >= 4 is 21.6 Å². The molecule has 0 saturated carbocycles. The highest BCUT2D eigenvalue weighted by Gasteiger charge is 2.36. The minimum atomic E-state index is 0.443. The van der Waals surface area contributed by atoms with Crippen LogP contribution in [0.4, 0.5) is 5.69 Å². The Morgan fingerprint density at radius 3 is 2.47 bits per heavy atom. The van der Waals surface area contributed by atoms with Crippen LogP contribution >= 0.6 is 15.9 Å². The quantitative estimate of drug-likeness (QED) is 0.777. The van der Waals surface area contributed by atoms with E-state index in [1.807, 2.05) is 0 Å². The van der Waals surface area contributed by atoms with Crippen molar-refractivity contribution in [3.8, 4) is 0 Å². The van der Waals surface area contributed by atoms with Crippen molar-refractivity contribution in [1.82, 2.24) is 0 Å². The maximum absolute atomic E-state index is 3.55. The zero-order valence-corrected chi connectivity index (χ0v) is 12.8. The third-order valence-electron chi connectivity index (χ3n) is 3.87. The van der Waals surface area contributed by atoms with E-state index in [0.717, 1.165) is 12.3 Å². The second-order valence-electron chi connectivity index (χ2n) is 6.09. The van der Waals surface area contributed by atoms with Gasteiger partial charge in [0.05, 0.1) is 0 Å². The number of hydrogen-bond acceptors (Lipinski definition) is 1. The highest BCUT2D eigenvalue weighted by Crippen LogP contribution is 2.38. The third kappa shape index (κ3) is 2.67. The molecule has 2 rings (SSSR count). The lowest BCUT2D eigenvalue weighted by molar-refractivity contribution is 0.195. The molecule has 1 fully saturated rings. The number of aryl methyl sites for hydroxylation is 1. The smallest absolute Gasteiger partial charge is 0.0399 e. The number of rotatable bonds is 2. The summed E-state index contributed by atoms with van der Waals surface area (Å²) in [6, 6.07) is 6.65. The summed E-state index contributed by atoms with van der Waals surface area (Å²) in [5.74, 6) is 0.829. The van der Waals surface area contributed by atoms with Gasteiger partial charge in [-0.3, -0.25) is 0 Å². The normalized spacial score (nSPS) is 17.1. The summed E-state index contributed by atoms with van der Waals surface area (Å²) in [7, 11) is 0. The topological polar surface area (TPSA) is 3.24 Å². The second-order valence-corrected chi connectivity index (χ2v) is 7.01. The molecule has 0 N–H and O–H groups in total. The molecule has 1 aromatic rings. The van der Waals surface area contributed by atoms with Gasteiger partial charge in [-0.05, 0) is 41.5 Å². The van der Waals surface area contributed by atoms with E-state index in [0.29, 0.717) is 5.41 Å². The summed E-state index contributed by atoms with van der Waals surface area (Å²) in [5, 5.41) is 0. The van der Waals surface area contributed by atoms with Gasteiger partial charge in [-0.2, -0.15) is 0 Å². The summed E-state index contributed by atoms with van der Waals surface area (Å²) in [5.41, 5.74) is 3.32. The van der Waals surface area contributed by atoms with Gasteiger partial charge in [-0.1, -0.05) is 43.6 Å². The standard InChI is InChI=1S/C15H22BrN/c1-5-11-8-13(16)6-7-14(11)17-9-12(10-17)15(2,3)4/h6-8,12H,5,9-10H2,1-4H3. The molecule has 1 nitrogen and oxygen atoms in total. The fourth-order valence-corrected chi connectivity index (χ4v) is 2.78. The van der Waals surface area contributed by atoms with Crippen LogP contribution in [0.5, 0.6) is 0 Å². The number of nitrogens with zero attached hydrogens (tertiary/aromatic N) is 1. The van der Waals surface area contributed by atoms with E-state index >= 15 is 0 Å². The van der Waals surface area contributed by atoms with Crippen molar-refractivity contribution in [2.45, 2.75) is 34.1 Å². The second kappa shape index (κ2) is 4.64. The average Bonchev–Trinajstić information content (AvgIpc) is 2.15. The molecule has 1 aliphatic rings. The van der Waals surface area contributed by atoms with E-state index in [9.17, 15) is 0 Å². The first-order chi connectivity index (χ1) is 7.91. The van der Waals surface area contributed by atoms with Crippen molar-refractivity contribution in [2.24, 2.45) is 11.3 Å². The lowest BCUT2D eigenvalue weighted by Gasteiger charge is -2.48. The number of hydrogen-bond donors (Lipinski definition) is 0. The summed E-state index contributed by atoms with van der Waals surface area (Å²) in [4.78, 5) is 2.52. The van der Waals surface area contributed by atoms with Crippen molar-refractivity contribution in [1.29, 1.82) is 0 Å². The molecule has 0 atom stereocenters. The van der Waals surface area contributed by atoms with E-state index in [2.05, 4.69) is 66.7 Å². The Kier molecular flexibility index (Phi) is 3.53. The first-order valence-electron chi connectivity index (χ1n) is 6.45. The monoisotopic (exact) mass is 295 g/mol. The van der Waals surface area contributed by atoms with E-state index in [4.69, 9.17) is 0 Å². The highest BCUT2D eigenvalue weighted by atomic mass is 79.9. The average molecular weight is 296 g/mol. The molecular weight excluding hydrogens is 274 g/mol. The number of halogens is 1. The zero-order chi connectivity index (χ0) is 12.6. The van der Waals surface area contributed by atoms with Gasteiger partial charge >= 0.3 is 0 Å². The largest absolute Gasteiger partial charge is 0.371 e. The van der Waals surface area contributed by atoms with E-state index in [1.165, 1.54) is 28.8 Å². The number of benzene rings is 1. The Bertz CT molecular complexity index is 400. The summed E-state index contributed by atoms with van der Waals surface area (Å²) < 4.78 is 1.19. The van der Waals surface area contributed by atoms with Gasteiger partial charge in [0.25, 0.3) is 0 Å². The first kappa shape index (κ1) is 12.9. The molecule has 0 radical (unpaired) electrons. The van der Waals surface area contributed by atoms with Gasteiger partial charge in [0.15, 0.2) is 0 Å². The van der Waals surface area contributed by atoms with Gasteiger partial charge in [0.2, 0.25) is 0 Å². The number of anilines is 1. The Hall–Kier alpha value is -0.500. The van der Waals surface area contributed by atoms with Gasteiger partial charge < -0.3 is 4.90 Å². The predicted molar refractivity (Wildman–Crippen MR) is 78.7 cm³/mol. The molecule has 0 amide bonds. The molecule has 0 aliphatic carbocycles. The van der Waals surface area contributed by atoms with Crippen LogP contribution in [-0.4, -0.2) is 13.1 Å². The van der Waals surface area contributed by atoms with Crippen molar-refractivity contribution in [3.05, 3.63) is 28.2 Å². The summed E-state index contributed by atoms with van der Waals surface area (Å²) in [6.07, 6.45) is 1.10. The van der Waals surface area contributed by atoms with Crippen molar-refractivity contribution < 1.29 is 0 Å². The molecule has 2 heteroatoms. The van der Waals surface area contributed by atoms with E-state index < -0.39 is 0 Å². The Labute approximate surface area is 113 Å². The van der Waals surface area contributed by atoms with Crippen LogP contribution in [0.15, 0.2) is 22.7 Å². The summed E-state index contributed by atoms with van der Waals surface area (Å²) in [6.45, 7) is 11.7. The molecule has 0 bridgehead atoms. The molecule has 94 valence electrons. The van der Waals surface area contributed by atoms with E-state index in [-0.39, 0.29) is 0 Å².